The van der Waals surface area contributed by atoms with Crippen molar-refractivity contribution >= 4 is 44.5 Å². The third-order valence-corrected chi connectivity index (χ3v) is 5.83. The fraction of sp³-hybridized carbons (Fsp3) is 0.227. The molecule has 2 aromatic heterocycles. The van der Waals surface area contributed by atoms with Gasteiger partial charge in [0.1, 0.15) is 5.69 Å². The van der Waals surface area contributed by atoms with Gasteiger partial charge >= 0.3 is 0 Å². The summed E-state index contributed by atoms with van der Waals surface area (Å²) in [6.07, 6.45) is 0. The van der Waals surface area contributed by atoms with E-state index in [4.69, 9.17) is 11.6 Å². The van der Waals surface area contributed by atoms with E-state index in [1.54, 1.807) is 29.2 Å². The molecule has 0 atom stereocenters. The molecule has 0 aliphatic heterocycles. The van der Waals surface area contributed by atoms with Gasteiger partial charge in [0.15, 0.2) is 5.78 Å². The van der Waals surface area contributed by atoms with Crippen molar-refractivity contribution in [3.63, 3.8) is 0 Å². The molecular weight excluding hydrogens is 434 g/mol. The first kappa shape index (κ1) is 21.1. The number of Topliss-reactive ketones (excluding diaryl/α,β-unsaturated/α-hetero) is 1. The second-order valence-electron chi connectivity index (χ2n) is 8.03. The number of ketones is 1. The molecule has 158 valence electrons. The van der Waals surface area contributed by atoms with E-state index in [9.17, 15) is 9.59 Å². The molecule has 0 fully saturated rings. The van der Waals surface area contributed by atoms with E-state index < -0.39 is 5.41 Å². The van der Waals surface area contributed by atoms with Crippen molar-refractivity contribution in [2.45, 2.75) is 26.2 Å². The number of para-hydroxylation sites is 1. The average molecular weight is 454 g/mol. The molecule has 0 radical (unpaired) electrons. The van der Waals surface area contributed by atoms with Crippen molar-refractivity contribution in [2.24, 2.45) is 0 Å². The van der Waals surface area contributed by atoms with Crippen molar-refractivity contribution in [3.05, 3.63) is 81.2 Å². The normalized spacial score (nSPS) is 11.6. The summed E-state index contributed by atoms with van der Waals surface area (Å²) in [5.74, 6) is -0.103. The third kappa shape index (κ3) is 4.35. The molecule has 0 bridgehead atoms. The van der Waals surface area contributed by atoms with Crippen LogP contribution in [0.4, 0.5) is 10.8 Å². The number of anilines is 2. The van der Waals surface area contributed by atoms with Crippen LogP contribution in [0.2, 0.25) is 5.02 Å². The number of carbonyl (C=O) groups is 1. The van der Waals surface area contributed by atoms with Crippen LogP contribution >= 0.6 is 22.9 Å². The highest BCUT2D eigenvalue weighted by molar-refractivity contribution is 7.20. The Morgan fingerprint density at radius 3 is 2.39 bits per heavy atom. The van der Waals surface area contributed by atoms with Gasteiger partial charge in [-0.25, -0.2) is 0 Å². The zero-order valence-electron chi connectivity index (χ0n) is 17.2. The van der Waals surface area contributed by atoms with Crippen LogP contribution in [0.3, 0.4) is 0 Å². The van der Waals surface area contributed by atoms with E-state index in [1.807, 2.05) is 51.1 Å². The molecule has 0 unspecified atom stereocenters. The van der Waals surface area contributed by atoms with Crippen LogP contribution in [-0.4, -0.2) is 32.1 Å². The molecular formula is C22H20ClN5O2S. The van der Waals surface area contributed by atoms with Crippen LogP contribution < -0.4 is 10.5 Å². The maximum Gasteiger partial charge on any atom is 0.297 e. The molecule has 9 heteroatoms. The average Bonchev–Trinajstić information content (AvgIpc) is 3.17. The predicted molar refractivity (Wildman–Crippen MR) is 123 cm³/mol. The smallest absolute Gasteiger partial charge is 0.297 e. The molecule has 0 N–H and O–H groups in total. The van der Waals surface area contributed by atoms with Gasteiger partial charge in [-0.3, -0.25) is 9.59 Å². The summed E-state index contributed by atoms with van der Waals surface area (Å²) >= 11 is 7.15. The number of halogens is 1. The monoisotopic (exact) mass is 453 g/mol. The van der Waals surface area contributed by atoms with Crippen molar-refractivity contribution in [1.29, 1.82) is 0 Å². The van der Waals surface area contributed by atoms with E-state index in [-0.39, 0.29) is 17.9 Å². The SMILES string of the molecule is CC(C)(C)c1nnc2sc(N(CC(=O)c3ccc(Cl)cc3)c3ccccc3)nn2c1=O. The fourth-order valence-corrected chi connectivity index (χ4v) is 4.02. The van der Waals surface area contributed by atoms with Crippen LogP contribution in [-0.2, 0) is 5.41 Å². The molecule has 0 saturated carbocycles. The predicted octanol–water partition coefficient (Wildman–Crippen LogP) is 4.52. The first-order valence-electron chi connectivity index (χ1n) is 9.62. The largest absolute Gasteiger partial charge is 0.309 e. The maximum absolute atomic E-state index is 13.0. The molecule has 4 rings (SSSR count). The Kier molecular flexibility index (Phi) is 5.60. The lowest BCUT2D eigenvalue weighted by Gasteiger charge is -2.20. The van der Waals surface area contributed by atoms with Gasteiger partial charge in [0.05, 0.1) is 6.54 Å². The highest BCUT2D eigenvalue weighted by atomic mass is 35.5. The molecule has 31 heavy (non-hydrogen) atoms. The lowest BCUT2D eigenvalue weighted by molar-refractivity contribution is 0.100. The van der Waals surface area contributed by atoms with Crippen molar-refractivity contribution < 1.29 is 4.79 Å². The molecule has 0 saturated heterocycles. The number of benzene rings is 2. The Hall–Kier alpha value is -3.10. The number of rotatable bonds is 5. The van der Waals surface area contributed by atoms with Crippen LogP contribution in [0.1, 0.15) is 36.8 Å². The standard InChI is InChI=1S/C22H20ClN5O2S/c1-22(2,3)18-19(30)28-20(25-24-18)31-21(26-28)27(16-7-5-4-6-8-16)13-17(29)14-9-11-15(23)12-10-14/h4-12H,13H2,1-3H3. The molecule has 0 spiro atoms. The van der Waals surface area contributed by atoms with Gasteiger partial charge in [-0.1, -0.05) is 61.9 Å². The highest BCUT2D eigenvalue weighted by Gasteiger charge is 2.25. The topological polar surface area (TPSA) is 80.5 Å². The third-order valence-electron chi connectivity index (χ3n) is 4.66. The summed E-state index contributed by atoms with van der Waals surface area (Å²) in [6, 6.07) is 16.2. The number of carbonyl (C=O) groups excluding carboxylic acids is 1. The number of nitrogens with zero attached hydrogens (tertiary/aromatic N) is 5. The van der Waals surface area contributed by atoms with Gasteiger partial charge in [-0.05, 0) is 36.4 Å². The number of fused-ring (bicyclic) bond motifs is 1. The molecule has 0 aliphatic carbocycles. The van der Waals surface area contributed by atoms with Gasteiger partial charge in [0.2, 0.25) is 10.1 Å². The fourth-order valence-electron chi connectivity index (χ4n) is 3.03. The Labute approximate surface area is 187 Å². The molecule has 0 amide bonds. The first-order valence-corrected chi connectivity index (χ1v) is 10.8. The molecule has 2 aromatic carbocycles. The first-order chi connectivity index (χ1) is 14.7. The zero-order chi connectivity index (χ0) is 22.2. The second-order valence-corrected chi connectivity index (χ2v) is 9.41. The summed E-state index contributed by atoms with van der Waals surface area (Å²) in [4.78, 5) is 28.0. The second kappa shape index (κ2) is 8.20. The van der Waals surface area contributed by atoms with Crippen molar-refractivity contribution in [1.82, 2.24) is 19.8 Å². The van der Waals surface area contributed by atoms with Gasteiger partial charge in [0, 0.05) is 21.7 Å². The van der Waals surface area contributed by atoms with Crippen LogP contribution in [0.15, 0.2) is 59.4 Å². The molecule has 4 aromatic rings. The lowest BCUT2D eigenvalue weighted by atomic mass is 9.93. The van der Waals surface area contributed by atoms with E-state index in [2.05, 4.69) is 15.3 Å². The van der Waals surface area contributed by atoms with Gasteiger partial charge in [-0.2, -0.15) is 4.52 Å². The summed E-state index contributed by atoms with van der Waals surface area (Å²) in [5, 5.41) is 13.9. The molecule has 2 heterocycles. The summed E-state index contributed by atoms with van der Waals surface area (Å²) in [7, 11) is 0. The minimum Gasteiger partial charge on any atom is -0.309 e. The minimum atomic E-state index is -0.460. The molecule has 0 aliphatic rings. The Bertz CT molecular complexity index is 1290. The van der Waals surface area contributed by atoms with Gasteiger partial charge in [0.25, 0.3) is 5.56 Å². The molecule has 7 nitrogen and oxygen atoms in total. The van der Waals surface area contributed by atoms with E-state index in [1.165, 1.54) is 15.9 Å². The Morgan fingerprint density at radius 2 is 1.74 bits per heavy atom. The summed E-state index contributed by atoms with van der Waals surface area (Å²) < 4.78 is 1.26. The van der Waals surface area contributed by atoms with E-state index in [0.29, 0.717) is 26.4 Å². The Balaban J connectivity index is 1.78. The number of hydrogen-bond donors (Lipinski definition) is 0. The van der Waals surface area contributed by atoms with Crippen LogP contribution in [0, 0.1) is 0 Å². The minimum absolute atomic E-state index is 0.0414. The van der Waals surface area contributed by atoms with Gasteiger partial charge < -0.3 is 4.90 Å². The number of hydrogen-bond acceptors (Lipinski definition) is 7. The maximum atomic E-state index is 13.0. The summed E-state index contributed by atoms with van der Waals surface area (Å²) in [6.45, 7) is 5.75. The van der Waals surface area contributed by atoms with Crippen LogP contribution in [0.25, 0.3) is 4.96 Å². The lowest BCUT2D eigenvalue weighted by Crippen LogP contribution is -2.30. The number of aromatic nitrogens is 4. The van der Waals surface area contributed by atoms with Crippen molar-refractivity contribution in [3.8, 4) is 0 Å². The highest BCUT2D eigenvalue weighted by Crippen LogP contribution is 2.29. The quantitative estimate of drug-likeness (QED) is 0.413. The van der Waals surface area contributed by atoms with Crippen LogP contribution in [0.5, 0.6) is 0 Å². The summed E-state index contributed by atoms with van der Waals surface area (Å²) in [5.41, 5.74) is 0.889. The van der Waals surface area contributed by atoms with Gasteiger partial charge in [-0.15, -0.1) is 15.3 Å². The van der Waals surface area contributed by atoms with E-state index >= 15 is 0 Å². The van der Waals surface area contributed by atoms with Crippen molar-refractivity contribution in [2.75, 3.05) is 11.4 Å². The zero-order valence-corrected chi connectivity index (χ0v) is 18.8. The Morgan fingerprint density at radius 1 is 1.06 bits per heavy atom. The van der Waals surface area contributed by atoms with E-state index in [0.717, 1.165) is 5.69 Å².